The maximum absolute atomic E-state index is 12.9. The number of pyridine rings is 1. The zero-order chi connectivity index (χ0) is 19.9. The number of nitrogens with zero attached hydrogens (tertiary/aromatic N) is 3. The summed E-state index contributed by atoms with van der Waals surface area (Å²) in [5.41, 5.74) is 5.87. The number of benzene rings is 1. The van der Waals surface area contributed by atoms with Crippen LogP contribution in [0.2, 0.25) is 0 Å². The molecule has 1 fully saturated rings. The highest BCUT2D eigenvalue weighted by Crippen LogP contribution is 2.28. The van der Waals surface area contributed by atoms with Crippen LogP contribution < -0.4 is 11.3 Å². The molecular formula is C17H22N4O5S. The largest absolute Gasteiger partial charge is 0.428 e. The molecular weight excluding hydrogens is 372 g/mol. The number of ether oxygens (including phenoxy) is 1. The second kappa shape index (κ2) is 6.95. The first kappa shape index (κ1) is 19.3. The third-order valence-electron chi connectivity index (χ3n) is 4.45. The van der Waals surface area contributed by atoms with E-state index in [9.17, 15) is 18.0 Å². The van der Waals surface area contributed by atoms with E-state index in [0.717, 1.165) is 0 Å². The molecule has 146 valence electrons. The first-order valence-corrected chi connectivity index (χ1v) is 9.79. The van der Waals surface area contributed by atoms with Crippen molar-refractivity contribution in [3.05, 3.63) is 40.3 Å². The Morgan fingerprint density at radius 1 is 1.33 bits per heavy atom. The van der Waals surface area contributed by atoms with Crippen LogP contribution in [-0.4, -0.2) is 61.5 Å². The summed E-state index contributed by atoms with van der Waals surface area (Å²) in [5, 5.41) is 0.625. The Morgan fingerprint density at radius 3 is 2.59 bits per heavy atom. The zero-order valence-corrected chi connectivity index (χ0v) is 16.2. The monoisotopic (exact) mass is 394 g/mol. The Bertz CT molecular complexity index is 1050. The van der Waals surface area contributed by atoms with Crippen LogP contribution >= 0.6 is 0 Å². The molecule has 1 amide bonds. The van der Waals surface area contributed by atoms with Gasteiger partial charge in [0.1, 0.15) is 0 Å². The third kappa shape index (κ3) is 3.43. The molecule has 1 saturated heterocycles. The van der Waals surface area contributed by atoms with Gasteiger partial charge in [0.2, 0.25) is 10.0 Å². The second-order valence-corrected chi connectivity index (χ2v) is 8.69. The molecule has 1 aromatic heterocycles. The molecule has 1 aromatic carbocycles. The first-order valence-electron chi connectivity index (χ1n) is 8.35. The maximum atomic E-state index is 12.9. The van der Waals surface area contributed by atoms with Crippen LogP contribution in [0, 0.1) is 6.92 Å². The third-order valence-corrected chi connectivity index (χ3v) is 6.32. The van der Waals surface area contributed by atoms with Gasteiger partial charge in [-0.05, 0) is 24.6 Å². The summed E-state index contributed by atoms with van der Waals surface area (Å²) in [6.07, 6.45) is 0.916. The van der Waals surface area contributed by atoms with Crippen LogP contribution in [0.15, 0.2) is 34.1 Å². The molecule has 1 aliphatic heterocycles. The van der Waals surface area contributed by atoms with Gasteiger partial charge < -0.3 is 15.4 Å². The van der Waals surface area contributed by atoms with Gasteiger partial charge in [-0.1, -0.05) is 6.07 Å². The van der Waals surface area contributed by atoms with Gasteiger partial charge in [-0.25, -0.2) is 13.2 Å². The van der Waals surface area contributed by atoms with Crippen molar-refractivity contribution in [3.8, 4) is 0 Å². The summed E-state index contributed by atoms with van der Waals surface area (Å²) in [7, 11) is -0.663. The Morgan fingerprint density at radius 2 is 2.00 bits per heavy atom. The van der Waals surface area contributed by atoms with Gasteiger partial charge in [-0.15, -0.1) is 0 Å². The summed E-state index contributed by atoms with van der Waals surface area (Å²) in [5.74, 6) is 0. The van der Waals surface area contributed by atoms with E-state index >= 15 is 0 Å². The van der Waals surface area contributed by atoms with E-state index in [1.165, 1.54) is 46.2 Å². The van der Waals surface area contributed by atoms with Crippen molar-refractivity contribution in [2.45, 2.75) is 24.6 Å². The standard InChI is InChI=1S/C17H22N4O5S/c1-11-7-20(10-26-17(23)19(2)3)16(22)13-5-4-6-14(15(11)13)27(24,25)21-8-12(18)9-21/h4-7,12H,8-10,18H2,1-3H3. The van der Waals surface area contributed by atoms with Crippen LogP contribution in [0.5, 0.6) is 0 Å². The van der Waals surface area contributed by atoms with Gasteiger partial charge in [0, 0.05) is 50.2 Å². The Kier molecular flexibility index (Phi) is 4.98. The van der Waals surface area contributed by atoms with Crippen molar-refractivity contribution in [2.75, 3.05) is 27.2 Å². The van der Waals surface area contributed by atoms with Crippen LogP contribution in [0.1, 0.15) is 5.56 Å². The molecule has 0 spiro atoms. The highest BCUT2D eigenvalue weighted by molar-refractivity contribution is 7.89. The molecule has 0 saturated carbocycles. The summed E-state index contributed by atoms with van der Waals surface area (Å²) in [6, 6.07) is 4.42. The molecule has 3 rings (SSSR count). The van der Waals surface area contributed by atoms with E-state index in [-0.39, 0.29) is 36.1 Å². The van der Waals surface area contributed by atoms with Gasteiger partial charge in [0.15, 0.2) is 6.73 Å². The lowest BCUT2D eigenvalue weighted by Crippen LogP contribution is -2.57. The SMILES string of the molecule is Cc1cn(COC(=O)N(C)C)c(=O)c2cccc(S(=O)(=O)N3CC(N)C3)c12. The van der Waals surface area contributed by atoms with E-state index in [0.29, 0.717) is 10.9 Å². The number of sulfonamides is 1. The minimum atomic E-state index is -3.74. The molecule has 2 N–H and O–H groups in total. The second-order valence-electron chi connectivity index (χ2n) is 6.78. The lowest BCUT2D eigenvalue weighted by Gasteiger charge is -2.35. The van der Waals surface area contributed by atoms with Crippen LogP contribution in [0.25, 0.3) is 10.8 Å². The van der Waals surface area contributed by atoms with Crippen molar-refractivity contribution in [1.29, 1.82) is 0 Å². The summed E-state index contributed by atoms with van der Waals surface area (Å²) in [6.45, 7) is 1.97. The number of aryl methyl sites for hydroxylation is 1. The van der Waals surface area contributed by atoms with Crippen LogP contribution in [0.4, 0.5) is 4.79 Å². The summed E-state index contributed by atoms with van der Waals surface area (Å²) in [4.78, 5) is 25.7. The van der Waals surface area contributed by atoms with E-state index in [1.807, 2.05) is 0 Å². The quantitative estimate of drug-likeness (QED) is 0.797. The van der Waals surface area contributed by atoms with E-state index in [1.54, 1.807) is 13.0 Å². The molecule has 0 aliphatic carbocycles. The van der Waals surface area contributed by atoms with Crippen molar-refractivity contribution in [3.63, 3.8) is 0 Å². The zero-order valence-electron chi connectivity index (χ0n) is 15.4. The Balaban J connectivity index is 2.06. The number of amides is 1. The van der Waals surface area contributed by atoms with Gasteiger partial charge in [-0.3, -0.25) is 9.36 Å². The molecule has 2 heterocycles. The van der Waals surface area contributed by atoms with Crippen molar-refractivity contribution < 1.29 is 17.9 Å². The lowest BCUT2D eigenvalue weighted by atomic mass is 10.1. The summed E-state index contributed by atoms with van der Waals surface area (Å²) < 4.78 is 33.4. The number of aromatic nitrogens is 1. The average Bonchev–Trinajstić information content (AvgIpc) is 2.59. The molecule has 1 aliphatic rings. The predicted molar refractivity (Wildman–Crippen MR) is 99.8 cm³/mol. The number of hydrogen-bond acceptors (Lipinski definition) is 6. The Hall–Kier alpha value is -2.43. The molecule has 0 bridgehead atoms. The van der Waals surface area contributed by atoms with E-state index < -0.39 is 21.7 Å². The van der Waals surface area contributed by atoms with Gasteiger partial charge in [0.05, 0.1) is 4.90 Å². The molecule has 0 atom stereocenters. The van der Waals surface area contributed by atoms with Crippen molar-refractivity contribution in [1.82, 2.24) is 13.8 Å². The highest BCUT2D eigenvalue weighted by atomic mass is 32.2. The topological polar surface area (TPSA) is 115 Å². The predicted octanol–water partition coefficient (Wildman–Crippen LogP) is 0.297. The minimum absolute atomic E-state index is 0.0823. The molecule has 2 aromatic rings. The van der Waals surface area contributed by atoms with Crippen molar-refractivity contribution in [2.24, 2.45) is 5.73 Å². The number of hydrogen-bond donors (Lipinski definition) is 1. The normalized spacial score (nSPS) is 15.6. The fourth-order valence-electron chi connectivity index (χ4n) is 3.00. The summed E-state index contributed by atoms with van der Waals surface area (Å²) >= 11 is 0. The van der Waals surface area contributed by atoms with Crippen LogP contribution in [0.3, 0.4) is 0 Å². The number of fused-ring (bicyclic) bond motifs is 1. The molecule has 0 unspecified atom stereocenters. The smallest absolute Gasteiger partial charge is 0.410 e. The molecule has 27 heavy (non-hydrogen) atoms. The molecule has 10 heteroatoms. The lowest BCUT2D eigenvalue weighted by molar-refractivity contribution is 0.0878. The fourth-order valence-corrected chi connectivity index (χ4v) is 4.83. The average molecular weight is 394 g/mol. The van der Waals surface area contributed by atoms with E-state index in [4.69, 9.17) is 10.5 Å². The van der Waals surface area contributed by atoms with E-state index in [2.05, 4.69) is 0 Å². The maximum Gasteiger partial charge on any atom is 0.410 e. The highest BCUT2D eigenvalue weighted by Gasteiger charge is 2.36. The number of carbonyl (C=O) groups is 1. The molecule has 0 radical (unpaired) electrons. The van der Waals surface area contributed by atoms with Gasteiger partial charge in [-0.2, -0.15) is 4.31 Å². The molecule has 9 nitrogen and oxygen atoms in total. The minimum Gasteiger partial charge on any atom is -0.428 e. The first-order chi connectivity index (χ1) is 12.6. The van der Waals surface area contributed by atoms with Gasteiger partial charge in [0.25, 0.3) is 5.56 Å². The Labute approximate surface area is 157 Å². The van der Waals surface area contributed by atoms with Crippen molar-refractivity contribution >= 4 is 26.9 Å². The number of rotatable bonds is 4. The fraction of sp³-hybridized carbons (Fsp3) is 0.412. The van der Waals surface area contributed by atoms with Gasteiger partial charge >= 0.3 is 6.09 Å². The van der Waals surface area contributed by atoms with Crippen LogP contribution in [-0.2, 0) is 21.5 Å². The number of carbonyl (C=O) groups excluding carboxylic acids is 1. The number of nitrogens with two attached hydrogens (primary N) is 1.